The van der Waals surface area contributed by atoms with Gasteiger partial charge in [-0.25, -0.2) is 13.4 Å². The van der Waals surface area contributed by atoms with E-state index in [-0.39, 0.29) is 18.0 Å². The van der Waals surface area contributed by atoms with Gasteiger partial charge in [0.05, 0.1) is 24.0 Å². The average Bonchev–Trinajstić information content (AvgIpc) is 3.73. The molecule has 0 N–H and O–H groups in total. The molecule has 0 unspecified atom stereocenters. The van der Waals surface area contributed by atoms with Gasteiger partial charge in [-0.3, -0.25) is 9.38 Å². The summed E-state index contributed by atoms with van der Waals surface area (Å²) < 4.78 is 37.1. The minimum absolute atomic E-state index is 0.123. The SMILES string of the molecule is O=S(=O)(c1cccc2cccnc12)N(CCc1csc2nc(-c3ccc4ccccc4c3)cn12)Cc1ccco1. The third-order valence-corrected chi connectivity index (χ3v) is 9.84. The number of aromatic nitrogens is 3. The number of benzene rings is 3. The van der Waals surface area contributed by atoms with Crippen molar-refractivity contribution in [1.29, 1.82) is 0 Å². The third-order valence-electron chi connectivity index (χ3n) is 7.07. The summed E-state index contributed by atoms with van der Waals surface area (Å²) in [4.78, 5) is 10.3. The Morgan fingerprint density at radius 2 is 1.75 bits per heavy atom. The zero-order valence-electron chi connectivity index (χ0n) is 21.3. The monoisotopic (exact) mass is 564 g/mol. The van der Waals surface area contributed by atoms with Crippen LogP contribution in [0, 0.1) is 0 Å². The normalized spacial score (nSPS) is 12.2. The number of sulfonamides is 1. The van der Waals surface area contributed by atoms with Gasteiger partial charge in [-0.05, 0) is 41.1 Å². The summed E-state index contributed by atoms with van der Waals surface area (Å²) in [7, 11) is -3.88. The third kappa shape index (κ3) is 4.48. The van der Waals surface area contributed by atoms with Crippen LogP contribution in [0.2, 0.25) is 0 Å². The Morgan fingerprint density at radius 1 is 0.900 bits per heavy atom. The van der Waals surface area contributed by atoms with E-state index in [9.17, 15) is 8.42 Å². The molecule has 4 aromatic heterocycles. The van der Waals surface area contributed by atoms with E-state index in [1.54, 1.807) is 54.1 Å². The molecule has 0 aliphatic rings. The first-order chi connectivity index (χ1) is 19.6. The van der Waals surface area contributed by atoms with E-state index in [0.717, 1.165) is 27.3 Å². The van der Waals surface area contributed by atoms with E-state index in [2.05, 4.69) is 39.7 Å². The highest BCUT2D eigenvalue weighted by atomic mass is 32.2. The molecule has 4 heterocycles. The topological polar surface area (TPSA) is 80.7 Å². The molecule has 9 heteroatoms. The quantitative estimate of drug-likeness (QED) is 0.203. The second-order valence-electron chi connectivity index (χ2n) is 9.57. The molecule has 0 aliphatic carbocycles. The summed E-state index contributed by atoms with van der Waals surface area (Å²) in [5.41, 5.74) is 3.39. The molecule has 0 saturated carbocycles. The largest absolute Gasteiger partial charge is 0.468 e. The molecule has 7 nitrogen and oxygen atoms in total. The van der Waals surface area contributed by atoms with Gasteiger partial charge in [0.1, 0.15) is 10.7 Å². The van der Waals surface area contributed by atoms with Crippen LogP contribution in [0.4, 0.5) is 0 Å². The van der Waals surface area contributed by atoms with Crippen molar-refractivity contribution in [2.24, 2.45) is 0 Å². The zero-order valence-corrected chi connectivity index (χ0v) is 23.0. The zero-order chi connectivity index (χ0) is 27.1. The van der Waals surface area contributed by atoms with Crippen LogP contribution in [-0.4, -0.2) is 33.6 Å². The molecule has 0 fully saturated rings. The smallest absolute Gasteiger partial charge is 0.245 e. The summed E-state index contributed by atoms with van der Waals surface area (Å²) in [5.74, 6) is 0.577. The number of thiazole rings is 1. The fraction of sp³-hybridized carbons (Fsp3) is 0.0968. The number of imidazole rings is 1. The first-order valence-corrected chi connectivity index (χ1v) is 15.2. The van der Waals surface area contributed by atoms with Gasteiger partial charge < -0.3 is 4.42 Å². The molecule has 0 spiro atoms. The van der Waals surface area contributed by atoms with Crippen LogP contribution < -0.4 is 0 Å². The number of pyridine rings is 1. The van der Waals surface area contributed by atoms with Crippen LogP contribution >= 0.6 is 11.3 Å². The number of hydrogen-bond acceptors (Lipinski definition) is 6. The number of fused-ring (bicyclic) bond motifs is 3. The summed E-state index contributed by atoms with van der Waals surface area (Å²) in [6.45, 7) is 0.389. The lowest BCUT2D eigenvalue weighted by Gasteiger charge is -2.22. The van der Waals surface area contributed by atoms with Crippen LogP contribution in [0.5, 0.6) is 0 Å². The lowest BCUT2D eigenvalue weighted by molar-refractivity contribution is 0.365. The van der Waals surface area contributed by atoms with Crippen LogP contribution in [0.15, 0.2) is 118 Å². The lowest BCUT2D eigenvalue weighted by atomic mass is 10.1. The molecule has 0 bridgehead atoms. The first kappa shape index (κ1) is 24.7. The minimum Gasteiger partial charge on any atom is -0.468 e. The summed E-state index contributed by atoms with van der Waals surface area (Å²) in [6, 6.07) is 27.1. The van der Waals surface area contributed by atoms with Crippen molar-refractivity contribution in [2.45, 2.75) is 17.9 Å². The van der Waals surface area contributed by atoms with E-state index >= 15 is 0 Å². The molecule has 7 rings (SSSR count). The Morgan fingerprint density at radius 3 is 2.62 bits per heavy atom. The summed E-state index contributed by atoms with van der Waals surface area (Å²) in [5, 5.41) is 5.18. The number of hydrogen-bond donors (Lipinski definition) is 0. The van der Waals surface area contributed by atoms with E-state index < -0.39 is 10.0 Å². The Balaban J connectivity index is 1.21. The highest BCUT2D eigenvalue weighted by molar-refractivity contribution is 7.89. The fourth-order valence-electron chi connectivity index (χ4n) is 5.02. The highest BCUT2D eigenvalue weighted by Crippen LogP contribution is 2.29. The Kier molecular flexibility index (Phi) is 6.19. The average molecular weight is 565 g/mol. The molecule has 0 amide bonds. The summed E-state index contributed by atoms with van der Waals surface area (Å²) in [6.07, 6.45) is 5.71. The maximum atomic E-state index is 14.0. The number of nitrogens with zero attached hydrogens (tertiary/aromatic N) is 4. The first-order valence-electron chi connectivity index (χ1n) is 12.9. The molecule has 0 aliphatic heterocycles. The minimum atomic E-state index is -3.88. The van der Waals surface area contributed by atoms with Gasteiger partial charge in [0, 0.05) is 47.4 Å². The molecule has 0 radical (unpaired) electrons. The van der Waals surface area contributed by atoms with Crippen molar-refractivity contribution in [2.75, 3.05) is 6.54 Å². The lowest BCUT2D eigenvalue weighted by Crippen LogP contribution is -2.33. The molecule has 40 heavy (non-hydrogen) atoms. The molecule has 7 aromatic rings. The molecule has 0 atom stereocenters. The van der Waals surface area contributed by atoms with Crippen LogP contribution in [0.3, 0.4) is 0 Å². The van der Waals surface area contributed by atoms with Gasteiger partial charge >= 0.3 is 0 Å². The maximum Gasteiger partial charge on any atom is 0.245 e. The Labute approximate surface area is 235 Å². The van der Waals surface area contributed by atoms with Gasteiger partial charge in [-0.1, -0.05) is 54.6 Å². The van der Waals surface area contributed by atoms with E-state index in [4.69, 9.17) is 9.40 Å². The van der Waals surface area contributed by atoms with Crippen molar-refractivity contribution >= 4 is 48.0 Å². The van der Waals surface area contributed by atoms with Crippen molar-refractivity contribution < 1.29 is 12.8 Å². The van der Waals surface area contributed by atoms with E-state index in [0.29, 0.717) is 17.7 Å². The standard InChI is InChI=1S/C31H24N4O3S2/c36-40(37,29-11-3-8-23-9-4-15-32-30(23)29)34(19-27-10-5-17-38-27)16-14-26-21-39-31-33-28(20-35(26)31)25-13-12-22-6-1-2-7-24(22)18-25/h1-13,15,17-18,20-21H,14,16,19H2. The fourth-order valence-corrected chi connectivity index (χ4v) is 7.50. The molecule has 0 saturated heterocycles. The number of rotatable bonds is 8. The second kappa shape index (κ2) is 10.0. The number of para-hydroxylation sites is 1. The van der Waals surface area contributed by atoms with Crippen molar-refractivity contribution in [3.8, 4) is 11.3 Å². The summed E-state index contributed by atoms with van der Waals surface area (Å²) >= 11 is 1.55. The highest BCUT2D eigenvalue weighted by Gasteiger charge is 2.28. The Bertz CT molecular complexity index is 2070. The van der Waals surface area contributed by atoms with Gasteiger partial charge in [0.25, 0.3) is 0 Å². The molecule has 3 aromatic carbocycles. The predicted octanol–water partition coefficient (Wildman–Crippen LogP) is 6.79. The van der Waals surface area contributed by atoms with Crippen LogP contribution in [0.1, 0.15) is 11.5 Å². The van der Waals surface area contributed by atoms with Gasteiger partial charge in [-0.2, -0.15) is 4.31 Å². The number of furan rings is 1. The van der Waals surface area contributed by atoms with E-state index in [1.807, 2.05) is 35.8 Å². The molecular formula is C31H24N4O3S2. The predicted molar refractivity (Wildman–Crippen MR) is 158 cm³/mol. The van der Waals surface area contributed by atoms with Gasteiger partial charge in [0.2, 0.25) is 10.0 Å². The van der Waals surface area contributed by atoms with E-state index in [1.165, 1.54) is 15.1 Å². The maximum absolute atomic E-state index is 14.0. The second-order valence-corrected chi connectivity index (χ2v) is 12.3. The van der Waals surface area contributed by atoms with Gasteiger partial charge in [-0.15, -0.1) is 11.3 Å². The van der Waals surface area contributed by atoms with Crippen LogP contribution in [-0.2, 0) is 23.0 Å². The molecule has 198 valence electrons. The molecular weight excluding hydrogens is 541 g/mol. The van der Waals surface area contributed by atoms with Gasteiger partial charge in [0.15, 0.2) is 4.96 Å². The van der Waals surface area contributed by atoms with Crippen molar-refractivity contribution in [3.63, 3.8) is 0 Å². The van der Waals surface area contributed by atoms with Crippen LogP contribution in [0.25, 0.3) is 37.9 Å². The Hall–Kier alpha value is -4.31. The van der Waals surface area contributed by atoms with Crippen molar-refractivity contribution in [3.05, 3.63) is 120 Å². The van der Waals surface area contributed by atoms with Crippen molar-refractivity contribution in [1.82, 2.24) is 18.7 Å².